The van der Waals surface area contributed by atoms with Crippen LogP contribution in [0, 0.1) is 24.4 Å². The second-order valence-electron chi connectivity index (χ2n) is 6.16. The van der Waals surface area contributed by atoms with E-state index in [1.807, 2.05) is 13.0 Å². The zero-order valence-electron chi connectivity index (χ0n) is 15.0. The van der Waals surface area contributed by atoms with Gasteiger partial charge in [-0.15, -0.1) is 0 Å². The summed E-state index contributed by atoms with van der Waals surface area (Å²) < 4.78 is 49.0. The van der Waals surface area contributed by atoms with Gasteiger partial charge in [-0.25, -0.2) is 17.7 Å². The van der Waals surface area contributed by atoms with Gasteiger partial charge in [0.15, 0.2) is 11.6 Å². The van der Waals surface area contributed by atoms with Gasteiger partial charge in [0, 0.05) is 18.0 Å². The Morgan fingerprint density at radius 1 is 1.07 bits per heavy atom. The summed E-state index contributed by atoms with van der Waals surface area (Å²) in [5.41, 5.74) is 0.686. The summed E-state index contributed by atoms with van der Waals surface area (Å²) in [5, 5.41) is 6.30. The quantitative estimate of drug-likeness (QED) is 0.550. The van der Waals surface area contributed by atoms with E-state index in [9.17, 15) is 18.0 Å². The Labute approximate surface area is 162 Å². The van der Waals surface area contributed by atoms with Crippen LogP contribution in [0.5, 0.6) is 11.6 Å². The second-order valence-corrected chi connectivity index (χ2v) is 6.16. The first-order chi connectivity index (χ1) is 13.9. The Kier molecular flexibility index (Phi) is 4.63. The molecule has 2 aromatic carbocycles. The largest absolute Gasteiger partial charge is 0.434 e. The summed E-state index contributed by atoms with van der Waals surface area (Å²) in [6, 6.07) is 8.48. The van der Waals surface area contributed by atoms with Crippen molar-refractivity contribution in [3.05, 3.63) is 83.6 Å². The number of hydrogen-bond donors (Lipinski definition) is 1. The van der Waals surface area contributed by atoms with Crippen LogP contribution >= 0.6 is 0 Å². The summed E-state index contributed by atoms with van der Waals surface area (Å²) in [6.07, 6.45) is 2.99. The van der Waals surface area contributed by atoms with Gasteiger partial charge in [-0.05, 0) is 42.8 Å². The van der Waals surface area contributed by atoms with Gasteiger partial charge < -0.3 is 10.1 Å². The van der Waals surface area contributed by atoms with E-state index < -0.39 is 28.9 Å². The van der Waals surface area contributed by atoms with Crippen LogP contribution in [-0.2, 0) is 0 Å². The fourth-order valence-electron chi connectivity index (χ4n) is 2.82. The molecule has 0 radical (unpaired) electrons. The Bertz CT molecular complexity index is 1220. The zero-order valence-corrected chi connectivity index (χ0v) is 15.0. The minimum absolute atomic E-state index is 0.00852. The number of ether oxygens (including phenoxy) is 1. The highest BCUT2D eigenvalue weighted by Gasteiger charge is 2.18. The molecule has 0 saturated heterocycles. The predicted octanol–water partition coefficient (Wildman–Crippen LogP) is 4.50. The smallest absolute Gasteiger partial charge is 0.261 e. The van der Waals surface area contributed by atoms with E-state index in [-0.39, 0.29) is 17.3 Å². The molecule has 146 valence electrons. The normalized spacial score (nSPS) is 10.9. The number of anilines is 1. The van der Waals surface area contributed by atoms with Crippen molar-refractivity contribution in [2.24, 2.45) is 0 Å². The third-order valence-electron chi connectivity index (χ3n) is 4.21. The highest BCUT2D eigenvalue weighted by atomic mass is 19.1. The van der Waals surface area contributed by atoms with Crippen molar-refractivity contribution in [2.75, 3.05) is 5.32 Å². The first kappa shape index (κ1) is 18.5. The van der Waals surface area contributed by atoms with Crippen molar-refractivity contribution < 1.29 is 22.7 Å². The number of rotatable bonds is 4. The molecule has 0 spiro atoms. The molecular formula is C20H13F3N4O2. The van der Waals surface area contributed by atoms with Crippen LogP contribution in [0.2, 0.25) is 0 Å². The molecule has 0 unspecified atom stereocenters. The topological polar surface area (TPSA) is 68.5 Å². The summed E-state index contributed by atoms with van der Waals surface area (Å²) in [6.45, 7) is 1.84. The van der Waals surface area contributed by atoms with Crippen LogP contribution < -0.4 is 10.1 Å². The molecule has 9 heteroatoms. The fraction of sp³-hybridized carbons (Fsp3) is 0.0500. The number of fused-ring (bicyclic) bond motifs is 1. The standard InChI is InChI=1S/C20H13F3N4O2/c1-11-7-8-27-18(11)20(24-10-25-27)29-16-6-5-12(9-15(16)23)26-19(28)17-13(21)3-2-4-14(17)22/h2-10H,1H3,(H,26,28). The van der Waals surface area contributed by atoms with Crippen molar-refractivity contribution in [1.29, 1.82) is 0 Å². The first-order valence-corrected chi connectivity index (χ1v) is 8.46. The van der Waals surface area contributed by atoms with Crippen molar-refractivity contribution in [1.82, 2.24) is 14.6 Å². The molecule has 0 bridgehead atoms. The molecule has 2 heterocycles. The van der Waals surface area contributed by atoms with E-state index in [0.29, 0.717) is 5.52 Å². The number of halogens is 3. The van der Waals surface area contributed by atoms with E-state index in [1.165, 1.54) is 18.5 Å². The lowest BCUT2D eigenvalue weighted by Gasteiger charge is -2.10. The minimum atomic E-state index is -1.03. The third-order valence-corrected chi connectivity index (χ3v) is 4.21. The van der Waals surface area contributed by atoms with Crippen molar-refractivity contribution in [3.8, 4) is 11.6 Å². The average Bonchev–Trinajstić information content (AvgIpc) is 3.06. The molecule has 0 fully saturated rings. The molecule has 4 rings (SSSR count). The second kappa shape index (κ2) is 7.27. The van der Waals surface area contributed by atoms with Crippen LogP contribution in [0.15, 0.2) is 55.0 Å². The first-order valence-electron chi connectivity index (χ1n) is 8.46. The molecule has 0 aliphatic carbocycles. The highest BCUT2D eigenvalue weighted by molar-refractivity contribution is 6.04. The van der Waals surface area contributed by atoms with Gasteiger partial charge in [0.2, 0.25) is 5.88 Å². The number of aryl methyl sites for hydroxylation is 1. The Balaban J connectivity index is 1.58. The maximum absolute atomic E-state index is 14.5. The molecule has 0 atom stereocenters. The number of aromatic nitrogens is 3. The van der Waals surface area contributed by atoms with Gasteiger partial charge in [-0.3, -0.25) is 4.79 Å². The van der Waals surface area contributed by atoms with E-state index in [1.54, 1.807) is 10.7 Å². The van der Waals surface area contributed by atoms with Crippen LogP contribution in [0.1, 0.15) is 15.9 Å². The molecular weight excluding hydrogens is 385 g/mol. The summed E-state index contributed by atoms with van der Waals surface area (Å²) in [4.78, 5) is 16.2. The number of carbonyl (C=O) groups is 1. The molecule has 1 N–H and O–H groups in total. The van der Waals surface area contributed by atoms with Gasteiger partial charge >= 0.3 is 0 Å². The monoisotopic (exact) mass is 398 g/mol. The summed E-state index contributed by atoms with van der Waals surface area (Å²) >= 11 is 0. The molecule has 29 heavy (non-hydrogen) atoms. The maximum atomic E-state index is 14.5. The minimum Gasteiger partial charge on any atom is -0.434 e. The van der Waals surface area contributed by atoms with Gasteiger partial charge in [-0.2, -0.15) is 10.1 Å². The number of benzene rings is 2. The predicted molar refractivity (Wildman–Crippen MR) is 98.5 cm³/mol. The van der Waals surface area contributed by atoms with Crippen LogP contribution in [0.4, 0.5) is 18.9 Å². The van der Waals surface area contributed by atoms with Crippen LogP contribution in [0.25, 0.3) is 5.52 Å². The van der Waals surface area contributed by atoms with Crippen LogP contribution in [-0.4, -0.2) is 20.5 Å². The fourth-order valence-corrected chi connectivity index (χ4v) is 2.82. The molecule has 0 saturated carbocycles. The Morgan fingerprint density at radius 2 is 1.83 bits per heavy atom. The maximum Gasteiger partial charge on any atom is 0.261 e. The summed E-state index contributed by atoms with van der Waals surface area (Å²) in [7, 11) is 0. The van der Waals surface area contributed by atoms with Gasteiger partial charge in [-0.1, -0.05) is 6.07 Å². The van der Waals surface area contributed by atoms with Gasteiger partial charge in [0.1, 0.15) is 29.0 Å². The number of hydrogen-bond acceptors (Lipinski definition) is 4. The molecule has 4 aromatic rings. The van der Waals surface area contributed by atoms with E-state index in [2.05, 4.69) is 15.4 Å². The SMILES string of the molecule is Cc1ccn2ncnc(Oc3ccc(NC(=O)c4c(F)cccc4F)cc3F)c12. The van der Waals surface area contributed by atoms with Crippen LogP contribution in [0.3, 0.4) is 0 Å². The van der Waals surface area contributed by atoms with Crippen molar-refractivity contribution in [2.45, 2.75) is 6.92 Å². The molecule has 6 nitrogen and oxygen atoms in total. The van der Waals surface area contributed by atoms with Gasteiger partial charge in [0.25, 0.3) is 5.91 Å². The molecule has 0 aliphatic heterocycles. The van der Waals surface area contributed by atoms with E-state index in [0.717, 1.165) is 29.8 Å². The van der Waals surface area contributed by atoms with E-state index in [4.69, 9.17) is 4.74 Å². The Morgan fingerprint density at radius 3 is 2.55 bits per heavy atom. The lowest BCUT2D eigenvalue weighted by Crippen LogP contribution is -2.16. The Hall–Kier alpha value is -3.88. The number of nitrogens with zero attached hydrogens (tertiary/aromatic N) is 3. The zero-order chi connectivity index (χ0) is 20.5. The van der Waals surface area contributed by atoms with E-state index >= 15 is 0 Å². The van der Waals surface area contributed by atoms with Crippen molar-refractivity contribution >= 4 is 17.1 Å². The average molecular weight is 398 g/mol. The molecule has 2 aromatic heterocycles. The van der Waals surface area contributed by atoms with Gasteiger partial charge in [0.05, 0.1) is 0 Å². The molecule has 1 amide bonds. The van der Waals surface area contributed by atoms with Crippen molar-refractivity contribution in [3.63, 3.8) is 0 Å². The molecule has 0 aliphatic rings. The third kappa shape index (κ3) is 3.49. The number of nitrogens with one attached hydrogen (secondary N) is 1. The number of carbonyl (C=O) groups excluding carboxylic acids is 1. The summed E-state index contributed by atoms with van der Waals surface area (Å²) in [5.74, 6) is -3.84. The lowest BCUT2D eigenvalue weighted by atomic mass is 10.1. The number of amides is 1. The highest BCUT2D eigenvalue weighted by Crippen LogP contribution is 2.29. The lowest BCUT2D eigenvalue weighted by molar-refractivity contribution is 0.101.